The summed E-state index contributed by atoms with van der Waals surface area (Å²) in [5, 5.41) is 4.23. The lowest BCUT2D eigenvalue weighted by atomic mass is 10.1. The Hall–Kier alpha value is -0.730. The Bertz CT molecular complexity index is 359. The van der Waals surface area contributed by atoms with Crippen LogP contribution >= 0.6 is 11.6 Å². The van der Waals surface area contributed by atoms with Gasteiger partial charge in [0.05, 0.1) is 6.10 Å². The fraction of sp³-hybridized carbons (Fsp3) is 0.571. The van der Waals surface area contributed by atoms with Gasteiger partial charge in [0.15, 0.2) is 0 Å². The molecule has 1 atom stereocenters. The van der Waals surface area contributed by atoms with Gasteiger partial charge in [-0.25, -0.2) is 0 Å². The molecule has 0 bridgehead atoms. The van der Waals surface area contributed by atoms with Crippen molar-refractivity contribution in [2.75, 3.05) is 13.1 Å². The number of ether oxygens (including phenoxy) is 1. The van der Waals surface area contributed by atoms with Gasteiger partial charge in [-0.15, -0.1) is 0 Å². The van der Waals surface area contributed by atoms with Gasteiger partial charge < -0.3 is 10.1 Å². The molecule has 1 fully saturated rings. The third kappa shape index (κ3) is 3.62. The molecule has 0 saturated carbocycles. The molecule has 1 heterocycles. The first-order chi connectivity index (χ1) is 8.29. The highest BCUT2D eigenvalue weighted by molar-refractivity contribution is 6.31. The van der Waals surface area contributed by atoms with Crippen molar-refractivity contribution in [2.45, 2.75) is 38.7 Å². The Morgan fingerprint density at radius 1 is 1.35 bits per heavy atom. The van der Waals surface area contributed by atoms with Crippen LogP contribution in [0.1, 0.15) is 31.7 Å². The van der Waals surface area contributed by atoms with E-state index in [2.05, 4.69) is 18.3 Å². The highest BCUT2D eigenvalue weighted by Gasteiger charge is 2.13. The molecular formula is C14H20ClNO. The van der Waals surface area contributed by atoms with Gasteiger partial charge in [0.25, 0.3) is 0 Å². The molecule has 0 aromatic heterocycles. The van der Waals surface area contributed by atoms with Gasteiger partial charge in [0.2, 0.25) is 0 Å². The average Bonchev–Trinajstić information content (AvgIpc) is 2.60. The van der Waals surface area contributed by atoms with Crippen molar-refractivity contribution in [1.82, 2.24) is 5.32 Å². The van der Waals surface area contributed by atoms with Crippen molar-refractivity contribution in [2.24, 2.45) is 0 Å². The molecule has 1 N–H and O–H groups in total. The van der Waals surface area contributed by atoms with Crippen LogP contribution < -0.4 is 10.1 Å². The second-order valence-corrected chi connectivity index (χ2v) is 4.93. The second kappa shape index (κ2) is 6.27. The van der Waals surface area contributed by atoms with Gasteiger partial charge in [0, 0.05) is 5.02 Å². The number of rotatable bonds is 3. The topological polar surface area (TPSA) is 21.3 Å². The molecule has 94 valence electrons. The van der Waals surface area contributed by atoms with Crippen LogP contribution in [0.5, 0.6) is 5.75 Å². The average molecular weight is 254 g/mol. The first kappa shape index (κ1) is 12.7. The lowest BCUT2D eigenvalue weighted by Crippen LogP contribution is -2.19. The zero-order chi connectivity index (χ0) is 12.1. The van der Waals surface area contributed by atoms with Crippen LogP contribution in [-0.2, 0) is 6.42 Å². The van der Waals surface area contributed by atoms with Crippen molar-refractivity contribution in [3.05, 3.63) is 28.8 Å². The van der Waals surface area contributed by atoms with Gasteiger partial charge in [0.1, 0.15) is 5.75 Å². The number of nitrogens with one attached hydrogen (secondary N) is 1. The largest absolute Gasteiger partial charge is 0.490 e. The first-order valence-corrected chi connectivity index (χ1v) is 6.83. The van der Waals surface area contributed by atoms with E-state index in [4.69, 9.17) is 16.3 Å². The standard InChI is InChI=1S/C14H20ClNO/c1-2-11-10-13(5-6-14(11)15)17-12-4-3-8-16-9-7-12/h5-6,10,12,16H,2-4,7-9H2,1H3. The summed E-state index contributed by atoms with van der Waals surface area (Å²) in [5.74, 6) is 0.957. The van der Waals surface area contributed by atoms with Crippen LogP contribution in [0, 0.1) is 0 Å². The van der Waals surface area contributed by atoms with Gasteiger partial charge in [-0.05, 0) is 62.5 Å². The Kier molecular flexibility index (Phi) is 4.69. The molecular weight excluding hydrogens is 234 g/mol. The molecule has 1 aliphatic rings. The van der Waals surface area contributed by atoms with Crippen LogP contribution in [0.25, 0.3) is 0 Å². The molecule has 0 aliphatic carbocycles. The molecule has 2 rings (SSSR count). The van der Waals surface area contributed by atoms with E-state index in [1.165, 1.54) is 6.42 Å². The summed E-state index contributed by atoms with van der Waals surface area (Å²) in [6.45, 7) is 4.28. The normalized spacial score (nSPS) is 20.9. The van der Waals surface area contributed by atoms with Crippen LogP contribution in [0.4, 0.5) is 0 Å². The number of benzene rings is 1. The van der Waals surface area contributed by atoms with Gasteiger partial charge >= 0.3 is 0 Å². The molecule has 1 saturated heterocycles. The minimum Gasteiger partial charge on any atom is -0.490 e. The van der Waals surface area contributed by atoms with E-state index in [9.17, 15) is 0 Å². The van der Waals surface area contributed by atoms with Crippen LogP contribution in [0.15, 0.2) is 18.2 Å². The SMILES string of the molecule is CCc1cc(OC2CCCNCC2)ccc1Cl. The molecule has 0 radical (unpaired) electrons. The Morgan fingerprint density at radius 3 is 3.06 bits per heavy atom. The number of hydrogen-bond donors (Lipinski definition) is 1. The maximum atomic E-state index is 6.10. The third-order valence-electron chi connectivity index (χ3n) is 3.22. The summed E-state index contributed by atoms with van der Waals surface area (Å²) in [7, 11) is 0. The molecule has 1 unspecified atom stereocenters. The lowest BCUT2D eigenvalue weighted by Gasteiger charge is -2.17. The van der Waals surface area contributed by atoms with E-state index < -0.39 is 0 Å². The summed E-state index contributed by atoms with van der Waals surface area (Å²) >= 11 is 6.10. The van der Waals surface area contributed by atoms with E-state index in [0.29, 0.717) is 6.10 Å². The Morgan fingerprint density at radius 2 is 2.24 bits per heavy atom. The Labute approximate surface area is 108 Å². The van der Waals surface area contributed by atoms with Gasteiger partial charge in [-0.2, -0.15) is 0 Å². The van der Waals surface area contributed by atoms with Crippen LogP contribution in [0.3, 0.4) is 0 Å². The fourth-order valence-corrected chi connectivity index (χ4v) is 2.44. The molecule has 17 heavy (non-hydrogen) atoms. The van der Waals surface area contributed by atoms with Crippen molar-refractivity contribution in [3.63, 3.8) is 0 Å². The Balaban J connectivity index is 2.01. The van der Waals surface area contributed by atoms with Crippen molar-refractivity contribution in [1.29, 1.82) is 0 Å². The zero-order valence-electron chi connectivity index (χ0n) is 10.3. The third-order valence-corrected chi connectivity index (χ3v) is 3.59. The second-order valence-electron chi connectivity index (χ2n) is 4.53. The first-order valence-electron chi connectivity index (χ1n) is 6.45. The summed E-state index contributed by atoms with van der Waals surface area (Å²) in [5.41, 5.74) is 1.16. The van der Waals surface area contributed by atoms with Gasteiger partial charge in [-0.3, -0.25) is 0 Å². The van der Waals surface area contributed by atoms with Crippen molar-refractivity contribution < 1.29 is 4.74 Å². The molecule has 0 amide bonds. The molecule has 3 heteroatoms. The number of hydrogen-bond acceptors (Lipinski definition) is 2. The maximum absolute atomic E-state index is 6.10. The smallest absolute Gasteiger partial charge is 0.120 e. The summed E-state index contributed by atoms with van der Waals surface area (Å²) in [6, 6.07) is 5.98. The lowest BCUT2D eigenvalue weighted by molar-refractivity contribution is 0.187. The monoisotopic (exact) mass is 253 g/mol. The van der Waals surface area contributed by atoms with E-state index in [1.54, 1.807) is 0 Å². The summed E-state index contributed by atoms with van der Waals surface area (Å²) in [6.07, 6.45) is 4.71. The van der Waals surface area contributed by atoms with Crippen LogP contribution in [-0.4, -0.2) is 19.2 Å². The van der Waals surface area contributed by atoms with E-state index in [-0.39, 0.29) is 0 Å². The van der Waals surface area contributed by atoms with Crippen molar-refractivity contribution in [3.8, 4) is 5.75 Å². The molecule has 1 aromatic rings. The minimum absolute atomic E-state index is 0.343. The molecule has 1 aromatic carbocycles. The number of halogens is 1. The predicted octanol–water partition coefficient (Wildman–Crippen LogP) is 3.42. The molecule has 1 aliphatic heterocycles. The highest BCUT2D eigenvalue weighted by atomic mass is 35.5. The highest BCUT2D eigenvalue weighted by Crippen LogP contribution is 2.24. The van der Waals surface area contributed by atoms with E-state index >= 15 is 0 Å². The van der Waals surface area contributed by atoms with Crippen molar-refractivity contribution >= 4 is 11.6 Å². The van der Waals surface area contributed by atoms with Gasteiger partial charge in [-0.1, -0.05) is 18.5 Å². The quantitative estimate of drug-likeness (QED) is 0.891. The van der Waals surface area contributed by atoms with E-state index in [1.807, 2.05) is 12.1 Å². The predicted molar refractivity (Wildman–Crippen MR) is 72.0 cm³/mol. The van der Waals surface area contributed by atoms with Crippen LogP contribution in [0.2, 0.25) is 5.02 Å². The fourth-order valence-electron chi connectivity index (χ4n) is 2.19. The van der Waals surface area contributed by atoms with E-state index in [0.717, 1.165) is 48.7 Å². The summed E-state index contributed by atoms with van der Waals surface area (Å²) in [4.78, 5) is 0. The zero-order valence-corrected chi connectivity index (χ0v) is 11.1. The molecule has 2 nitrogen and oxygen atoms in total. The molecule has 0 spiro atoms. The maximum Gasteiger partial charge on any atom is 0.120 e. The number of aryl methyl sites for hydroxylation is 1. The minimum atomic E-state index is 0.343. The summed E-state index contributed by atoms with van der Waals surface area (Å²) < 4.78 is 6.03.